The van der Waals surface area contributed by atoms with Crippen LogP contribution < -0.4 is 14.8 Å². The molecule has 0 saturated carbocycles. The zero-order valence-corrected chi connectivity index (χ0v) is 16.5. The summed E-state index contributed by atoms with van der Waals surface area (Å²) in [6.45, 7) is 1.84. The van der Waals surface area contributed by atoms with Crippen molar-refractivity contribution in [2.75, 3.05) is 19.5 Å². The van der Waals surface area contributed by atoms with Crippen LogP contribution in [-0.4, -0.2) is 42.4 Å². The Morgan fingerprint density at radius 2 is 1.83 bits per heavy atom. The zero-order chi connectivity index (χ0) is 20.8. The first-order chi connectivity index (χ1) is 14.0. The van der Waals surface area contributed by atoms with Crippen LogP contribution in [0.5, 0.6) is 11.5 Å². The van der Waals surface area contributed by atoms with E-state index in [-0.39, 0.29) is 12.3 Å². The lowest BCUT2D eigenvalue weighted by Crippen LogP contribution is -2.27. The van der Waals surface area contributed by atoms with E-state index in [4.69, 9.17) is 14.2 Å². The summed E-state index contributed by atoms with van der Waals surface area (Å²) in [6, 6.07) is 12.5. The van der Waals surface area contributed by atoms with Crippen LogP contribution in [0.2, 0.25) is 0 Å². The van der Waals surface area contributed by atoms with Gasteiger partial charge in [0.1, 0.15) is 11.5 Å². The molecule has 1 atom stereocenters. The number of methoxy groups -OCH3 is 2. The molecule has 0 aliphatic rings. The van der Waals surface area contributed by atoms with Gasteiger partial charge in [0.15, 0.2) is 11.9 Å². The van der Waals surface area contributed by atoms with Gasteiger partial charge in [-0.25, -0.2) is 4.79 Å². The van der Waals surface area contributed by atoms with Crippen molar-refractivity contribution in [1.82, 2.24) is 10.2 Å². The van der Waals surface area contributed by atoms with Gasteiger partial charge in [-0.15, -0.1) is 0 Å². The van der Waals surface area contributed by atoms with Crippen LogP contribution in [0, 0.1) is 0 Å². The first-order valence-corrected chi connectivity index (χ1v) is 9.19. The van der Waals surface area contributed by atoms with Crippen LogP contribution in [0.1, 0.15) is 18.9 Å². The molecule has 0 spiro atoms. The van der Waals surface area contributed by atoms with Crippen LogP contribution in [0.25, 0.3) is 10.9 Å². The molecule has 1 unspecified atom stereocenters. The lowest BCUT2D eigenvalue weighted by molar-refractivity contribution is -0.148. The molecule has 1 heterocycles. The van der Waals surface area contributed by atoms with Gasteiger partial charge in [-0.2, -0.15) is 5.10 Å². The number of aromatic amines is 1. The number of amides is 1. The number of nitrogens with one attached hydrogen (secondary N) is 2. The third-order valence-corrected chi connectivity index (χ3v) is 4.43. The molecule has 2 N–H and O–H groups in total. The average Bonchev–Trinajstić information content (AvgIpc) is 3.13. The lowest BCUT2D eigenvalue weighted by atomic mass is 10.1. The van der Waals surface area contributed by atoms with E-state index in [0.29, 0.717) is 23.5 Å². The topological polar surface area (TPSA) is 103 Å². The number of hydrogen-bond acceptors (Lipinski definition) is 6. The molecule has 0 radical (unpaired) electrons. The summed E-state index contributed by atoms with van der Waals surface area (Å²) in [6.07, 6.45) is 0.0287. The van der Waals surface area contributed by atoms with E-state index in [1.807, 2.05) is 31.2 Å². The molecule has 3 aromatic rings. The smallest absolute Gasteiger partial charge is 0.347 e. The summed E-state index contributed by atoms with van der Waals surface area (Å²) in [5.74, 6) is 1.08. The van der Waals surface area contributed by atoms with Gasteiger partial charge in [0.2, 0.25) is 5.91 Å². The molecule has 1 amide bonds. The Morgan fingerprint density at radius 3 is 2.48 bits per heavy atom. The van der Waals surface area contributed by atoms with E-state index in [1.165, 1.54) is 7.11 Å². The van der Waals surface area contributed by atoms with E-state index < -0.39 is 12.1 Å². The minimum atomic E-state index is -0.677. The van der Waals surface area contributed by atoms with E-state index in [1.54, 1.807) is 25.3 Å². The Kier molecular flexibility index (Phi) is 6.33. The summed E-state index contributed by atoms with van der Waals surface area (Å²) in [4.78, 5) is 24.1. The maximum atomic E-state index is 12.4. The summed E-state index contributed by atoms with van der Waals surface area (Å²) >= 11 is 0. The number of rotatable bonds is 8. The maximum Gasteiger partial charge on any atom is 0.347 e. The molecule has 1 aromatic heterocycles. The second-order valence-electron chi connectivity index (χ2n) is 6.39. The quantitative estimate of drug-likeness (QED) is 0.566. The number of benzene rings is 2. The molecule has 2 aromatic carbocycles. The fourth-order valence-corrected chi connectivity index (χ4v) is 2.87. The highest BCUT2D eigenvalue weighted by Gasteiger charge is 2.19. The van der Waals surface area contributed by atoms with Crippen molar-refractivity contribution in [3.05, 3.63) is 48.0 Å². The summed E-state index contributed by atoms with van der Waals surface area (Å²) in [5.41, 5.74) is 1.55. The molecule has 0 saturated heterocycles. The highest BCUT2D eigenvalue weighted by molar-refractivity contribution is 6.00. The molecule has 8 heteroatoms. The van der Waals surface area contributed by atoms with Crippen LogP contribution in [0.3, 0.4) is 0 Å². The Morgan fingerprint density at radius 1 is 1.10 bits per heavy atom. The Hall–Kier alpha value is -3.55. The third-order valence-electron chi connectivity index (χ3n) is 4.43. The fourth-order valence-electron chi connectivity index (χ4n) is 2.87. The van der Waals surface area contributed by atoms with E-state index in [0.717, 1.165) is 16.7 Å². The molecule has 0 aliphatic heterocycles. The Balaban J connectivity index is 1.69. The Labute approximate surface area is 168 Å². The number of esters is 1. The van der Waals surface area contributed by atoms with Crippen molar-refractivity contribution in [3.63, 3.8) is 0 Å². The summed E-state index contributed by atoms with van der Waals surface area (Å²) in [7, 11) is 2.92. The molecule has 29 heavy (non-hydrogen) atoms. The number of hydrogen-bond donors (Lipinski definition) is 2. The molecular formula is C21H23N3O5. The second kappa shape index (κ2) is 9.09. The van der Waals surface area contributed by atoms with Crippen LogP contribution in [0.4, 0.5) is 5.82 Å². The van der Waals surface area contributed by atoms with Crippen LogP contribution in [-0.2, 0) is 20.7 Å². The van der Waals surface area contributed by atoms with Crippen LogP contribution >= 0.6 is 0 Å². The molecule has 152 valence electrons. The van der Waals surface area contributed by atoms with Gasteiger partial charge in [-0.05, 0) is 36.2 Å². The third kappa shape index (κ3) is 4.84. The SMILES string of the molecule is CCC(Oc1ccc2c(NC(=O)Cc3ccc(OC)cc3)n[nH]c2c1)C(=O)OC. The minimum absolute atomic E-state index is 0.180. The fraction of sp³-hybridized carbons (Fsp3) is 0.286. The first-order valence-electron chi connectivity index (χ1n) is 9.19. The van der Waals surface area contributed by atoms with E-state index in [2.05, 4.69) is 15.5 Å². The number of aromatic nitrogens is 2. The van der Waals surface area contributed by atoms with Crippen molar-refractivity contribution in [2.45, 2.75) is 25.9 Å². The van der Waals surface area contributed by atoms with Crippen LogP contribution in [0.15, 0.2) is 42.5 Å². The number of carbonyl (C=O) groups excluding carboxylic acids is 2. The lowest BCUT2D eigenvalue weighted by Gasteiger charge is -2.15. The van der Waals surface area contributed by atoms with Gasteiger partial charge in [-0.3, -0.25) is 9.89 Å². The highest BCUT2D eigenvalue weighted by Crippen LogP contribution is 2.26. The monoisotopic (exact) mass is 397 g/mol. The van der Waals surface area contributed by atoms with Crippen molar-refractivity contribution >= 4 is 28.6 Å². The number of fused-ring (bicyclic) bond motifs is 1. The van der Waals surface area contributed by atoms with Gasteiger partial charge >= 0.3 is 5.97 Å². The Bertz CT molecular complexity index is 997. The van der Waals surface area contributed by atoms with Crippen molar-refractivity contribution in [3.8, 4) is 11.5 Å². The van der Waals surface area contributed by atoms with Gasteiger partial charge < -0.3 is 19.5 Å². The molecule has 0 bridgehead atoms. The van der Waals surface area contributed by atoms with E-state index in [9.17, 15) is 9.59 Å². The largest absolute Gasteiger partial charge is 0.497 e. The number of nitrogens with zero attached hydrogens (tertiary/aromatic N) is 1. The summed E-state index contributed by atoms with van der Waals surface area (Å²) < 4.78 is 15.5. The number of carbonyl (C=O) groups is 2. The zero-order valence-electron chi connectivity index (χ0n) is 16.5. The number of ether oxygens (including phenoxy) is 3. The van der Waals surface area contributed by atoms with E-state index >= 15 is 0 Å². The normalized spacial score (nSPS) is 11.7. The second-order valence-corrected chi connectivity index (χ2v) is 6.39. The van der Waals surface area contributed by atoms with Gasteiger partial charge in [0.05, 0.1) is 26.2 Å². The molecule has 8 nitrogen and oxygen atoms in total. The van der Waals surface area contributed by atoms with Gasteiger partial charge in [-0.1, -0.05) is 19.1 Å². The molecule has 0 fully saturated rings. The predicted molar refractivity (Wildman–Crippen MR) is 108 cm³/mol. The van der Waals surface area contributed by atoms with Crippen molar-refractivity contribution in [1.29, 1.82) is 0 Å². The minimum Gasteiger partial charge on any atom is -0.497 e. The standard InChI is InChI=1S/C21H23N3O5/c1-4-18(21(26)28-3)29-15-9-10-16-17(12-15)23-24-20(16)22-19(25)11-13-5-7-14(27-2)8-6-13/h5-10,12,18H,4,11H2,1-3H3,(H2,22,23,24,25). The number of anilines is 1. The average molecular weight is 397 g/mol. The summed E-state index contributed by atoms with van der Waals surface area (Å²) in [5, 5.41) is 10.6. The van der Waals surface area contributed by atoms with Crippen molar-refractivity contribution in [2.24, 2.45) is 0 Å². The number of H-pyrrole nitrogens is 1. The molecular weight excluding hydrogens is 374 g/mol. The first kappa shape index (κ1) is 20.2. The molecule has 0 aliphatic carbocycles. The highest BCUT2D eigenvalue weighted by atomic mass is 16.6. The van der Waals surface area contributed by atoms with Crippen molar-refractivity contribution < 1.29 is 23.8 Å². The maximum absolute atomic E-state index is 12.4. The van der Waals surface area contributed by atoms with Gasteiger partial charge in [0.25, 0.3) is 0 Å². The van der Waals surface area contributed by atoms with Gasteiger partial charge in [0, 0.05) is 11.5 Å². The predicted octanol–water partition coefficient (Wildman–Crippen LogP) is 3.08. The molecule has 3 rings (SSSR count).